The molecule has 2 aromatic carbocycles. The lowest BCUT2D eigenvalue weighted by Crippen LogP contribution is -2.32. The maximum atomic E-state index is 12.6. The molecule has 0 spiro atoms. The molecule has 0 aliphatic heterocycles. The van der Waals surface area contributed by atoms with Crippen LogP contribution < -0.4 is 10.1 Å². The second-order valence-electron chi connectivity index (χ2n) is 6.40. The van der Waals surface area contributed by atoms with Crippen molar-refractivity contribution in [3.63, 3.8) is 0 Å². The van der Waals surface area contributed by atoms with Crippen molar-refractivity contribution in [1.82, 2.24) is 10.2 Å². The first-order chi connectivity index (χ1) is 13.5. The summed E-state index contributed by atoms with van der Waals surface area (Å²) in [6.07, 6.45) is -0.0147. The van der Waals surface area contributed by atoms with Gasteiger partial charge in [0.25, 0.3) is 5.91 Å². The molecule has 0 aliphatic carbocycles. The van der Waals surface area contributed by atoms with E-state index in [0.717, 1.165) is 15.7 Å². The van der Waals surface area contributed by atoms with Gasteiger partial charge < -0.3 is 4.74 Å². The lowest BCUT2D eigenvalue weighted by atomic mass is 10.1. The van der Waals surface area contributed by atoms with E-state index in [0.29, 0.717) is 17.3 Å². The number of aromatic nitrogens is 2. The van der Waals surface area contributed by atoms with Crippen LogP contribution in [0.2, 0.25) is 0 Å². The van der Waals surface area contributed by atoms with Crippen molar-refractivity contribution in [2.45, 2.75) is 43.4 Å². The van der Waals surface area contributed by atoms with E-state index < -0.39 is 6.10 Å². The van der Waals surface area contributed by atoms with Gasteiger partial charge in [-0.25, -0.2) is 0 Å². The molecule has 0 saturated heterocycles. The monoisotopic (exact) mass is 413 g/mol. The Hall–Kier alpha value is -2.38. The number of benzene rings is 2. The summed E-state index contributed by atoms with van der Waals surface area (Å²) in [7, 11) is 0. The van der Waals surface area contributed by atoms with Crippen LogP contribution in [-0.2, 0) is 10.5 Å². The molecular weight excluding hydrogens is 390 g/mol. The maximum Gasteiger partial charge on any atom is 0.267 e. The van der Waals surface area contributed by atoms with Gasteiger partial charge in [-0.1, -0.05) is 66.4 Å². The molecule has 0 aliphatic rings. The van der Waals surface area contributed by atoms with E-state index in [4.69, 9.17) is 4.74 Å². The Balaban J connectivity index is 1.56. The van der Waals surface area contributed by atoms with E-state index in [-0.39, 0.29) is 5.91 Å². The molecule has 146 valence electrons. The molecule has 0 fully saturated rings. The van der Waals surface area contributed by atoms with Crippen LogP contribution in [0.5, 0.6) is 5.75 Å². The normalized spacial score (nSPS) is 11.8. The third kappa shape index (κ3) is 5.56. The molecule has 1 atom stereocenters. The summed E-state index contributed by atoms with van der Waals surface area (Å²) in [6.45, 7) is 6.00. The molecule has 1 N–H and O–H groups in total. The fourth-order valence-electron chi connectivity index (χ4n) is 2.50. The predicted octanol–water partition coefficient (Wildman–Crippen LogP) is 5.24. The topological polar surface area (TPSA) is 64.1 Å². The Kier molecular flexibility index (Phi) is 7.06. The second kappa shape index (κ2) is 9.71. The molecule has 0 saturated carbocycles. The SMILES string of the molecule is CCC(Oc1ccc(C)c(C)c1)C(=O)Nc1nnc(SCc2ccccc2)s1. The third-order valence-electron chi connectivity index (χ3n) is 4.26. The van der Waals surface area contributed by atoms with Crippen LogP contribution in [0.15, 0.2) is 52.9 Å². The van der Waals surface area contributed by atoms with Crippen LogP contribution >= 0.6 is 23.1 Å². The fraction of sp³-hybridized carbons (Fsp3) is 0.286. The Morgan fingerprint density at radius 1 is 1.14 bits per heavy atom. The Labute approximate surface area is 173 Å². The fourth-order valence-corrected chi connectivity index (χ4v) is 4.21. The molecule has 5 nitrogen and oxygen atoms in total. The molecule has 0 bridgehead atoms. The van der Waals surface area contributed by atoms with Gasteiger partial charge in [0.05, 0.1) is 0 Å². The van der Waals surface area contributed by atoms with Gasteiger partial charge in [-0.15, -0.1) is 10.2 Å². The Morgan fingerprint density at radius 3 is 2.64 bits per heavy atom. The summed E-state index contributed by atoms with van der Waals surface area (Å²) >= 11 is 2.98. The van der Waals surface area contributed by atoms with Gasteiger partial charge in [-0.3, -0.25) is 10.1 Å². The second-order valence-corrected chi connectivity index (χ2v) is 8.60. The maximum absolute atomic E-state index is 12.6. The van der Waals surface area contributed by atoms with Crippen molar-refractivity contribution in [3.8, 4) is 5.75 Å². The van der Waals surface area contributed by atoms with Gasteiger partial charge in [0.1, 0.15) is 5.75 Å². The number of amides is 1. The molecule has 3 rings (SSSR count). The molecule has 1 amide bonds. The average molecular weight is 414 g/mol. The molecule has 3 aromatic rings. The number of nitrogens with one attached hydrogen (secondary N) is 1. The zero-order valence-corrected chi connectivity index (χ0v) is 17.8. The van der Waals surface area contributed by atoms with Crippen molar-refractivity contribution < 1.29 is 9.53 Å². The van der Waals surface area contributed by atoms with Crippen LogP contribution in [0.1, 0.15) is 30.0 Å². The molecule has 0 radical (unpaired) electrons. The van der Waals surface area contributed by atoms with Crippen LogP contribution in [0.25, 0.3) is 0 Å². The van der Waals surface area contributed by atoms with Gasteiger partial charge in [0.15, 0.2) is 10.4 Å². The van der Waals surface area contributed by atoms with Gasteiger partial charge in [-0.2, -0.15) is 0 Å². The van der Waals surface area contributed by atoms with Crippen molar-refractivity contribution in [1.29, 1.82) is 0 Å². The Bertz CT molecular complexity index is 928. The van der Waals surface area contributed by atoms with Crippen LogP contribution in [0, 0.1) is 13.8 Å². The van der Waals surface area contributed by atoms with E-state index in [1.165, 1.54) is 22.5 Å². The smallest absolute Gasteiger partial charge is 0.267 e. The number of ether oxygens (including phenoxy) is 1. The summed E-state index contributed by atoms with van der Waals surface area (Å²) in [6, 6.07) is 16.0. The van der Waals surface area contributed by atoms with E-state index in [1.54, 1.807) is 11.8 Å². The van der Waals surface area contributed by atoms with E-state index >= 15 is 0 Å². The molecule has 28 heavy (non-hydrogen) atoms. The number of carbonyl (C=O) groups excluding carboxylic acids is 1. The van der Waals surface area contributed by atoms with Gasteiger partial charge in [-0.05, 0) is 49.1 Å². The first-order valence-electron chi connectivity index (χ1n) is 9.10. The highest BCUT2D eigenvalue weighted by atomic mass is 32.2. The first-order valence-corrected chi connectivity index (χ1v) is 10.9. The van der Waals surface area contributed by atoms with E-state index in [2.05, 4.69) is 27.6 Å². The van der Waals surface area contributed by atoms with Crippen LogP contribution in [-0.4, -0.2) is 22.2 Å². The third-order valence-corrected chi connectivity index (χ3v) is 6.30. The molecular formula is C21H23N3O2S2. The summed E-state index contributed by atoms with van der Waals surface area (Å²) in [5.41, 5.74) is 3.55. The van der Waals surface area contributed by atoms with Crippen molar-refractivity contribution in [2.75, 3.05) is 5.32 Å². The number of rotatable bonds is 8. The van der Waals surface area contributed by atoms with Gasteiger partial charge >= 0.3 is 0 Å². The molecule has 1 heterocycles. The highest BCUT2D eigenvalue weighted by Gasteiger charge is 2.20. The molecule has 1 unspecified atom stereocenters. The Morgan fingerprint density at radius 2 is 1.93 bits per heavy atom. The number of hydrogen-bond donors (Lipinski definition) is 1. The van der Waals surface area contributed by atoms with Crippen LogP contribution in [0.3, 0.4) is 0 Å². The minimum absolute atomic E-state index is 0.212. The summed E-state index contributed by atoms with van der Waals surface area (Å²) in [5, 5.41) is 11.5. The molecule has 1 aromatic heterocycles. The first kappa shape index (κ1) is 20.4. The van der Waals surface area contributed by atoms with Crippen molar-refractivity contribution in [3.05, 3.63) is 65.2 Å². The van der Waals surface area contributed by atoms with Crippen molar-refractivity contribution >= 4 is 34.1 Å². The number of hydrogen-bond acceptors (Lipinski definition) is 6. The predicted molar refractivity (Wildman–Crippen MR) is 115 cm³/mol. The minimum Gasteiger partial charge on any atom is -0.481 e. The zero-order chi connectivity index (χ0) is 19.9. The number of nitrogens with zero attached hydrogens (tertiary/aromatic N) is 2. The highest BCUT2D eigenvalue weighted by Crippen LogP contribution is 2.28. The quantitative estimate of drug-likeness (QED) is 0.404. The zero-order valence-electron chi connectivity index (χ0n) is 16.1. The minimum atomic E-state index is -0.577. The summed E-state index contributed by atoms with van der Waals surface area (Å²) in [4.78, 5) is 12.6. The number of thioether (sulfide) groups is 1. The number of carbonyl (C=O) groups is 1. The summed E-state index contributed by atoms with van der Waals surface area (Å²) in [5.74, 6) is 1.30. The lowest BCUT2D eigenvalue weighted by molar-refractivity contribution is -0.122. The van der Waals surface area contributed by atoms with E-state index in [1.807, 2.05) is 57.2 Å². The van der Waals surface area contributed by atoms with Gasteiger partial charge in [0, 0.05) is 5.75 Å². The standard InChI is InChI=1S/C21H23N3O2S2/c1-4-18(26-17-11-10-14(2)15(3)12-17)19(25)22-20-23-24-21(28-20)27-13-16-8-6-5-7-9-16/h5-12,18H,4,13H2,1-3H3,(H,22,23,25). The van der Waals surface area contributed by atoms with Gasteiger partial charge in [0.2, 0.25) is 5.13 Å². The average Bonchev–Trinajstić information content (AvgIpc) is 3.15. The molecule has 7 heteroatoms. The van der Waals surface area contributed by atoms with Crippen molar-refractivity contribution in [2.24, 2.45) is 0 Å². The number of anilines is 1. The van der Waals surface area contributed by atoms with E-state index in [9.17, 15) is 4.79 Å². The largest absolute Gasteiger partial charge is 0.481 e. The van der Waals surface area contributed by atoms with Crippen LogP contribution in [0.4, 0.5) is 5.13 Å². The lowest BCUT2D eigenvalue weighted by Gasteiger charge is -2.17. The highest BCUT2D eigenvalue weighted by molar-refractivity contribution is 8.00. The number of aryl methyl sites for hydroxylation is 2. The summed E-state index contributed by atoms with van der Waals surface area (Å²) < 4.78 is 6.71.